The van der Waals surface area contributed by atoms with Crippen molar-refractivity contribution in [1.29, 1.82) is 0 Å². The summed E-state index contributed by atoms with van der Waals surface area (Å²) in [6, 6.07) is 9.72. The Morgan fingerprint density at radius 3 is 2.61 bits per heavy atom. The maximum Gasteiger partial charge on any atom is 0.224 e. The highest BCUT2D eigenvalue weighted by Gasteiger charge is 2.08. The van der Waals surface area contributed by atoms with E-state index in [1.165, 1.54) is 0 Å². The molecule has 0 spiro atoms. The largest absolute Gasteiger partial charge is 0.352 e. The minimum absolute atomic E-state index is 0.0289. The molecule has 0 fully saturated rings. The minimum Gasteiger partial charge on any atom is -0.352 e. The fraction of sp³-hybridized carbons (Fsp3) is 0.286. The predicted molar refractivity (Wildman–Crippen MR) is 70.1 cm³/mol. The van der Waals surface area contributed by atoms with Crippen molar-refractivity contribution >= 4 is 5.91 Å². The summed E-state index contributed by atoms with van der Waals surface area (Å²) in [5.41, 5.74) is 4.03. The van der Waals surface area contributed by atoms with Crippen LogP contribution in [0.4, 0.5) is 0 Å². The molecule has 2 rings (SSSR count). The molecule has 0 bridgehead atoms. The van der Waals surface area contributed by atoms with Crippen molar-refractivity contribution in [2.45, 2.75) is 26.8 Å². The number of carbonyl (C=O) groups is 1. The zero-order valence-electron chi connectivity index (χ0n) is 10.7. The Morgan fingerprint density at radius 1 is 1.28 bits per heavy atom. The Kier molecular flexibility index (Phi) is 3.77. The fourth-order valence-corrected chi connectivity index (χ4v) is 1.87. The lowest BCUT2D eigenvalue weighted by molar-refractivity contribution is -0.120. The lowest BCUT2D eigenvalue weighted by atomic mass is 10.1. The van der Waals surface area contributed by atoms with Gasteiger partial charge in [0, 0.05) is 17.8 Å². The van der Waals surface area contributed by atoms with Crippen LogP contribution < -0.4 is 5.32 Å². The average molecular weight is 243 g/mol. The van der Waals surface area contributed by atoms with Crippen LogP contribution in [0, 0.1) is 13.8 Å². The van der Waals surface area contributed by atoms with E-state index in [9.17, 15) is 4.79 Å². The second-order valence-electron chi connectivity index (χ2n) is 4.35. The fourth-order valence-electron chi connectivity index (χ4n) is 1.87. The van der Waals surface area contributed by atoms with Crippen molar-refractivity contribution in [1.82, 2.24) is 15.5 Å². The monoisotopic (exact) mass is 243 g/mol. The summed E-state index contributed by atoms with van der Waals surface area (Å²) in [4.78, 5) is 11.8. The smallest absolute Gasteiger partial charge is 0.224 e. The number of rotatable bonds is 4. The SMILES string of the molecule is Cc1n[nH]c(C)c1CNC(=O)Cc1ccccc1. The van der Waals surface area contributed by atoms with Gasteiger partial charge in [-0.05, 0) is 19.4 Å². The van der Waals surface area contributed by atoms with Crippen molar-refractivity contribution in [3.05, 3.63) is 52.8 Å². The zero-order valence-corrected chi connectivity index (χ0v) is 10.7. The number of nitrogens with zero attached hydrogens (tertiary/aromatic N) is 1. The van der Waals surface area contributed by atoms with Gasteiger partial charge in [-0.25, -0.2) is 0 Å². The van der Waals surface area contributed by atoms with Crippen LogP contribution in [-0.2, 0) is 17.8 Å². The van der Waals surface area contributed by atoms with E-state index < -0.39 is 0 Å². The van der Waals surface area contributed by atoms with Gasteiger partial charge in [0.25, 0.3) is 0 Å². The van der Waals surface area contributed by atoms with E-state index in [1.807, 2.05) is 44.2 Å². The second kappa shape index (κ2) is 5.49. The Bertz CT molecular complexity index is 512. The van der Waals surface area contributed by atoms with Crippen molar-refractivity contribution in [2.75, 3.05) is 0 Å². The quantitative estimate of drug-likeness (QED) is 0.861. The molecule has 2 aromatic rings. The van der Waals surface area contributed by atoms with Gasteiger partial charge in [-0.2, -0.15) is 5.10 Å². The molecule has 4 nitrogen and oxygen atoms in total. The average Bonchev–Trinajstić information content (AvgIpc) is 2.68. The first kappa shape index (κ1) is 12.4. The molecule has 1 aromatic heterocycles. The van der Waals surface area contributed by atoms with Gasteiger partial charge in [0.1, 0.15) is 0 Å². The molecule has 18 heavy (non-hydrogen) atoms. The highest BCUT2D eigenvalue weighted by molar-refractivity contribution is 5.78. The van der Waals surface area contributed by atoms with E-state index in [0.717, 1.165) is 22.5 Å². The first-order chi connectivity index (χ1) is 8.66. The minimum atomic E-state index is 0.0289. The first-order valence-electron chi connectivity index (χ1n) is 5.98. The highest BCUT2D eigenvalue weighted by Crippen LogP contribution is 2.08. The Labute approximate surface area is 106 Å². The van der Waals surface area contributed by atoms with Gasteiger partial charge in [-0.3, -0.25) is 9.89 Å². The van der Waals surface area contributed by atoms with Crippen LogP contribution in [0.3, 0.4) is 0 Å². The van der Waals surface area contributed by atoms with Crippen LogP contribution in [0.15, 0.2) is 30.3 Å². The van der Waals surface area contributed by atoms with E-state index in [0.29, 0.717) is 13.0 Å². The number of carbonyl (C=O) groups excluding carboxylic acids is 1. The van der Waals surface area contributed by atoms with Crippen LogP contribution in [-0.4, -0.2) is 16.1 Å². The number of H-pyrrole nitrogens is 1. The lowest BCUT2D eigenvalue weighted by Gasteiger charge is -2.05. The molecule has 1 heterocycles. The summed E-state index contributed by atoms with van der Waals surface area (Å²) in [6.45, 7) is 4.42. The molecule has 0 atom stereocenters. The summed E-state index contributed by atoms with van der Waals surface area (Å²) in [5, 5.41) is 9.93. The van der Waals surface area contributed by atoms with Gasteiger partial charge in [0.05, 0.1) is 12.1 Å². The maximum atomic E-state index is 11.8. The van der Waals surface area contributed by atoms with Gasteiger partial charge >= 0.3 is 0 Å². The zero-order chi connectivity index (χ0) is 13.0. The lowest BCUT2D eigenvalue weighted by Crippen LogP contribution is -2.25. The molecule has 0 aliphatic carbocycles. The van der Waals surface area contributed by atoms with Gasteiger partial charge in [0.15, 0.2) is 0 Å². The summed E-state index contributed by atoms with van der Waals surface area (Å²) >= 11 is 0. The van der Waals surface area contributed by atoms with E-state index in [4.69, 9.17) is 0 Å². The first-order valence-corrected chi connectivity index (χ1v) is 5.98. The van der Waals surface area contributed by atoms with Crippen LogP contribution >= 0.6 is 0 Å². The summed E-state index contributed by atoms with van der Waals surface area (Å²) in [7, 11) is 0. The molecule has 0 saturated heterocycles. The Morgan fingerprint density at radius 2 is 2.00 bits per heavy atom. The molecular formula is C14H17N3O. The molecule has 1 aromatic carbocycles. The third-order valence-electron chi connectivity index (χ3n) is 2.95. The standard InChI is InChI=1S/C14H17N3O/c1-10-13(11(2)17-16-10)9-15-14(18)8-12-6-4-3-5-7-12/h3-7H,8-9H2,1-2H3,(H,15,18)(H,16,17). The van der Waals surface area contributed by atoms with Gasteiger partial charge < -0.3 is 5.32 Å². The van der Waals surface area contributed by atoms with Crippen LogP contribution in [0.1, 0.15) is 22.5 Å². The molecule has 4 heteroatoms. The van der Waals surface area contributed by atoms with Crippen molar-refractivity contribution in [2.24, 2.45) is 0 Å². The number of nitrogens with one attached hydrogen (secondary N) is 2. The second-order valence-corrected chi connectivity index (χ2v) is 4.35. The number of aromatic amines is 1. The number of amides is 1. The third-order valence-corrected chi connectivity index (χ3v) is 2.95. The molecule has 94 valence electrons. The molecule has 0 aliphatic rings. The summed E-state index contributed by atoms with van der Waals surface area (Å²) in [6.07, 6.45) is 0.413. The van der Waals surface area contributed by atoms with Crippen molar-refractivity contribution in [3.8, 4) is 0 Å². The molecule has 2 N–H and O–H groups in total. The molecular weight excluding hydrogens is 226 g/mol. The number of hydrogen-bond acceptors (Lipinski definition) is 2. The third kappa shape index (κ3) is 2.97. The topological polar surface area (TPSA) is 57.8 Å². The van der Waals surface area contributed by atoms with E-state index in [1.54, 1.807) is 0 Å². The molecule has 0 radical (unpaired) electrons. The highest BCUT2D eigenvalue weighted by atomic mass is 16.1. The normalized spacial score (nSPS) is 10.3. The number of aromatic nitrogens is 2. The van der Waals surface area contributed by atoms with Crippen molar-refractivity contribution in [3.63, 3.8) is 0 Å². The van der Waals surface area contributed by atoms with Gasteiger partial charge in [-0.1, -0.05) is 30.3 Å². The van der Waals surface area contributed by atoms with Gasteiger partial charge in [0.2, 0.25) is 5.91 Å². The number of hydrogen-bond donors (Lipinski definition) is 2. The van der Waals surface area contributed by atoms with Crippen LogP contribution in [0.25, 0.3) is 0 Å². The summed E-state index contributed by atoms with van der Waals surface area (Å²) < 4.78 is 0. The maximum absolute atomic E-state index is 11.8. The Balaban J connectivity index is 1.89. The van der Waals surface area contributed by atoms with Crippen molar-refractivity contribution < 1.29 is 4.79 Å². The number of benzene rings is 1. The van der Waals surface area contributed by atoms with Crippen LogP contribution in [0.5, 0.6) is 0 Å². The predicted octanol–water partition coefficient (Wildman–Crippen LogP) is 1.89. The van der Waals surface area contributed by atoms with E-state index >= 15 is 0 Å². The number of aryl methyl sites for hydroxylation is 2. The van der Waals surface area contributed by atoms with Gasteiger partial charge in [-0.15, -0.1) is 0 Å². The summed E-state index contributed by atoms with van der Waals surface area (Å²) in [5.74, 6) is 0.0289. The van der Waals surface area contributed by atoms with E-state index in [2.05, 4.69) is 15.5 Å². The molecule has 0 saturated carbocycles. The van der Waals surface area contributed by atoms with E-state index in [-0.39, 0.29) is 5.91 Å². The molecule has 1 amide bonds. The molecule has 0 unspecified atom stereocenters. The van der Waals surface area contributed by atoms with Crippen LogP contribution in [0.2, 0.25) is 0 Å². The Hall–Kier alpha value is -2.10. The molecule has 0 aliphatic heterocycles.